The fourth-order valence-corrected chi connectivity index (χ4v) is 2.19. The number of benzene rings is 1. The van der Waals surface area contributed by atoms with Crippen molar-refractivity contribution in [3.8, 4) is 5.75 Å². The summed E-state index contributed by atoms with van der Waals surface area (Å²) in [5, 5.41) is 7.74. The molecule has 2 aromatic heterocycles. The molecule has 0 spiro atoms. The van der Waals surface area contributed by atoms with Crippen LogP contribution in [0, 0.1) is 0 Å². The third kappa shape index (κ3) is 6.64. The van der Waals surface area contributed by atoms with Gasteiger partial charge < -0.3 is 4.74 Å². The van der Waals surface area contributed by atoms with E-state index in [4.69, 9.17) is 4.74 Å². The molecule has 0 saturated heterocycles. The lowest BCUT2D eigenvalue weighted by molar-refractivity contribution is -0.123. The summed E-state index contributed by atoms with van der Waals surface area (Å²) in [4.78, 5) is 31.7. The van der Waals surface area contributed by atoms with Gasteiger partial charge in [-0.2, -0.15) is 10.2 Å². The molecular formula is C21H18N6O3. The molecule has 0 radical (unpaired) electrons. The van der Waals surface area contributed by atoms with Gasteiger partial charge in [0.05, 0.1) is 12.4 Å². The largest absolute Gasteiger partial charge is 0.484 e. The molecule has 3 rings (SSSR count). The number of amides is 2. The van der Waals surface area contributed by atoms with Crippen molar-refractivity contribution in [2.75, 3.05) is 6.61 Å². The Morgan fingerprint density at radius 3 is 1.90 bits per heavy atom. The maximum absolute atomic E-state index is 12.1. The van der Waals surface area contributed by atoms with Crippen LogP contribution in [0.5, 0.6) is 5.75 Å². The Kier molecular flexibility index (Phi) is 7.33. The van der Waals surface area contributed by atoms with Crippen LogP contribution in [-0.4, -0.2) is 40.8 Å². The third-order valence-electron chi connectivity index (χ3n) is 3.68. The molecular weight excluding hydrogens is 384 g/mol. The van der Waals surface area contributed by atoms with Gasteiger partial charge in [-0.3, -0.25) is 19.6 Å². The molecule has 0 bridgehead atoms. The predicted octanol–water partition coefficient (Wildman–Crippen LogP) is 1.77. The first kappa shape index (κ1) is 20.3. The highest BCUT2D eigenvalue weighted by Gasteiger charge is 2.06. The minimum Gasteiger partial charge on any atom is -0.484 e. The molecule has 0 unspecified atom stereocenters. The zero-order valence-corrected chi connectivity index (χ0v) is 15.8. The minimum absolute atomic E-state index is 0.213. The topological polar surface area (TPSA) is 118 Å². The van der Waals surface area contributed by atoms with Gasteiger partial charge in [0.25, 0.3) is 11.8 Å². The lowest BCUT2D eigenvalue weighted by Crippen LogP contribution is -2.24. The van der Waals surface area contributed by atoms with Crippen LogP contribution in [0.1, 0.15) is 21.5 Å². The average molecular weight is 402 g/mol. The first-order valence-corrected chi connectivity index (χ1v) is 8.89. The van der Waals surface area contributed by atoms with Gasteiger partial charge in [-0.15, -0.1) is 0 Å². The molecule has 3 aromatic rings. The van der Waals surface area contributed by atoms with Crippen LogP contribution >= 0.6 is 0 Å². The molecule has 9 heteroatoms. The maximum Gasteiger partial charge on any atom is 0.277 e. The molecule has 2 heterocycles. The van der Waals surface area contributed by atoms with Crippen LogP contribution in [0.2, 0.25) is 0 Å². The van der Waals surface area contributed by atoms with Crippen molar-refractivity contribution < 1.29 is 14.3 Å². The SMILES string of the molecule is O=C(COc1ccc(C(=O)N/N=C\c2ccncc2)cc1)N/N=C\c1ccncc1. The van der Waals surface area contributed by atoms with Crippen LogP contribution in [0.4, 0.5) is 0 Å². The van der Waals surface area contributed by atoms with Crippen LogP contribution < -0.4 is 15.6 Å². The number of hydrogen-bond acceptors (Lipinski definition) is 7. The van der Waals surface area contributed by atoms with E-state index in [1.807, 2.05) is 0 Å². The molecule has 0 aliphatic heterocycles. The normalized spacial score (nSPS) is 10.8. The Morgan fingerprint density at radius 2 is 1.33 bits per heavy atom. The second kappa shape index (κ2) is 10.8. The van der Waals surface area contributed by atoms with Crippen molar-refractivity contribution in [2.45, 2.75) is 0 Å². The van der Waals surface area contributed by atoms with Crippen molar-refractivity contribution in [3.05, 3.63) is 90.0 Å². The van der Waals surface area contributed by atoms with Gasteiger partial charge in [0.1, 0.15) is 5.75 Å². The lowest BCUT2D eigenvalue weighted by atomic mass is 10.2. The van der Waals surface area contributed by atoms with Gasteiger partial charge in [0.2, 0.25) is 0 Å². The van der Waals surface area contributed by atoms with Crippen molar-refractivity contribution in [3.63, 3.8) is 0 Å². The van der Waals surface area contributed by atoms with Crippen molar-refractivity contribution in [2.24, 2.45) is 10.2 Å². The van der Waals surface area contributed by atoms with E-state index in [0.29, 0.717) is 11.3 Å². The number of nitrogens with zero attached hydrogens (tertiary/aromatic N) is 4. The Balaban J connectivity index is 1.42. The maximum atomic E-state index is 12.1. The van der Waals surface area contributed by atoms with E-state index >= 15 is 0 Å². The quantitative estimate of drug-likeness (QED) is 0.440. The summed E-state index contributed by atoms with van der Waals surface area (Å²) in [5.74, 6) is -0.331. The highest BCUT2D eigenvalue weighted by atomic mass is 16.5. The fourth-order valence-electron chi connectivity index (χ4n) is 2.19. The molecule has 1 aromatic carbocycles. The fraction of sp³-hybridized carbons (Fsp3) is 0.0476. The van der Waals surface area contributed by atoms with Crippen molar-refractivity contribution >= 4 is 24.2 Å². The van der Waals surface area contributed by atoms with Crippen LogP contribution in [0.25, 0.3) is 0 Å². The van der Waals surface area contributed by atoms with E-state index in [2.05, 4.69) is 31.0 Å². The predicted molar refractivity (Wildman–Crippen MR) is 111 cm³/mol. The standard InChI is InChI=1S/C21H18N6O3/c28-20(26-24-13-16-5-9-22-10-6-16)15-30-19-3-1-18(2-4-19)21(29)27-25-14-17-7-11-23-12-8-17/h1-14H,15H2,(H,26,28)(H,27,29)/b24-13-,25-14-. The summed E-state index contributed by atoms with van der Waals surface area (Å²) >= 11 is 0. The number of aromatic nitrogens is 2. The van der Waals surface area contributed by atoms with E-state index in [0.717, 1.165) is 11.1 Å². The van der Waals surface area contributed by atoms with Gasteiger partial charge in [-0.05, 0) is 59.7 Å². The average Bonchev–Trinajstić information content (AvgIpc) is 2.79. The zero-order valence-electron chi connectivity index (χ0n) is 15.8. The van der Waals surface area contributed by atoms with E-state index < -0.39 is 5.91 Å². The van der Waals surface area contributed by atoms with Crippen LogP contribution in [0.3, 0.4) is 0 Å². The van der Waals surface area contributed by atoms with E-state index in [1.54, 1.807) is 73.3 Å². The molecule has 0 fully saturated rings. The second-order valence-electron chi connectivity index (χ2n) is 5.87. The summed E-state index contributed by atoms with van der Waals surface area (Å²) < 4.78 is 5.38. The molecule has 30 heavy (non-hydrogen) atoms. The molecule has 0 aliphatic carbocycles. The highest BCUT2D eigenvalue weighted by molar-refractivity contribution is 5.95. The minimum atomic E-state index is -0.410. The Labute approximate surface area is 172 Å². The first-order valence-electron chi connectivity index (χ1n) is 8.89. The summed E-state index contributed by atoms with van der Waals surface area (Å²) in [6.07, 6.45) is 9.55. The molecule has 9 nitrogen and oxygen atoms in total. The summed E-state index contributed by atoms with van der Waals surface area (Å²) in [5.41, 5.74) is 6.84. The van der Waals surface area contributed by atoms with Crippen molar-refractivity contribution in [1.29, 1.82) is 0 Å². The van der Waals surface area contributed by atoms with E-state index in [-0.39, 0.29) is 12.5 Å². The number of ether oxygens (including phenoxy) is 1. The number of pyridine rings is 2. The number of hydrazone groups is 2. The molecule has 2 amide bonds. The van der Waals surface area contributed by atoms with E-state index in [9.17, 15) is 9.59 Å². The number of nitrogens with one attached hydrogen (secondary N) is 2. The Morgan fingerprint density at radius 1 is 0.800 bits per heavy atom. The van der Waals surface area contributed by atoms with Crippen LogP contribution in [0.15, 0.2) is 83.5 Å². The van der Waals surface area contributed by atoms with Gasteiger partial charge in [0.15, 0.2) is 6.61 Å². The smallest absolute Gasteiger partial charge is 0.277 e. The summed E-state index contributed by atoms with van der Waals surface area (Å²) in [6, 6.07) is 13.4. The van der Waals surface area contributed by atoms with Crippen LogP contribution in [-0.2, 0) is 4.79 Å². The lowest BCUT2D eigenvalue weighted by Gasteiger charge is -2.06. The number of hydrogen-bond donors (Lipinski definition) is 2. The molecule has 0 atom stereocenters. The van der Waals surface area contributed by atoms with Gasteiger partial charge in [-0.25, -0.2) is 10.9 Å². The number of carbonyl (C=O) groups excluding carboxylic acids is 2. The highest BCUT2D eigenvalue weighted by Crippen LogP contribution is 2.12. The molecule has 0 saturated carbocycles. The van der Waals surface area contributed by atoms with Gasteiger partial charge in [-0.1, -0.05) is 0 Å². The first-order chi connectivity index (χ1) is 14.7. The Bertz CT molecular complexity index is 1020. The third-order valence-corrected chi connectivity index (χ3v) is 3.68. The second-order valence-corrected chi connectivity index (χ2v) is 5.87. The van der Waals surface area contributed by atoms with Gasteiger partial charge >= 0.3 is 0 Å². The monoisotopic (exact) mass is 402 g/mol. The van der Waals surface area contributed by atoms with Crippen molar-refractivity contribution in [1.82, 2.24) is 20.8 Å². The summed E-state index contributed by atoms with van der Waals surface area (Å²) in [6.45, 7) is -0.213. The van der Waals surface area contributed by atoms with Gasteiger partial charge in [0, 0.05) is 30.4 Å². The summed E-state index contributed by atoms with van der Waals surface area (Å²) in [7, 11) is 0. The zero-order chi connectivity index (χ0) is 21.0. The molecule has 150 valence electrons. The number of rotatable bonds is 8. The van der Waals surface area contributed by atoms with E-state index in [1.165, 1.54) is 12.4 Å². The molecule has 0 aliphatic rings. The number of carbonyl (C=O) groups is 2. The molecule has 2 N–H and O–H groups in total. The Hall–Kier alpha value is -4.40.